The van der Waals surface area contributed by atoms with Gasteiger partial charge in [-0.25, -0.2) is 0 Å². The van der Waals surface area contributed by atoms with Crippen LogP contribution in [0.2, 0.25) is 42.3 Å². The largest absolute Gasteiger partial charge is 0.413 e. The van der Waals surface area contributed by atoms with Crippen molar-refractivity contribution in [2.45, 2.75) is 94.6 Å². The number of hydrogen-bond donors (Lipinski definition) is 0. The summed E-state index contributed by atoms with van der Waals surface area (Å²) in [6.07, 6.45) is 28.8. The van der Waals surface area contributed by atoms with Gasteiger partial charge in [0.1, 0.15) is 0 Å². The zero-order valence-electron chi connectivity index (χ0n) is 25.3. The molecule has 6 rings (SSSR count). The Labute approximate surface area is 234 Å². The van der Waals surface area contributed by atoms with Crippen LogP contribution in [0.5, 0.6) is 0 Å². The summed E-state index contributed by atoms with van der Waals surface area (Å²) >= 11 is 0. The fraction of sp³-hybridized carbons (Fsp3) is 0.647. The van der Waals surface area contributed by atoms with Gasteiger partial charge in [0.2, 0.25) is 0 Å². The number of fused-ring (bicyclic) bond motifs is 6. The summed E-state index contributed by atoms with van der Waals surface area (Å²) in [5.74, 6) is 3.91. The molecule has 5 aliphatic carbocycles. The number of allylic oxidation sites excluding steroid dienone is 8. The molecule has 0 aromatic rings. The van der Waals surface area contributed by atoms with Crippen LogP contribution in [-0.2, 0) is 4.43 Å². The van der Waals surface area contributed by atoms with E-state index < -0.39 is 16.4 Å². The van der Waals surface area contributed by atoms with Crippen molar-refractivity contribution in [3.63, 3.8) is 0 Å². The van der Waals surface area contributed by atoms with Crippen molar-refractivity contribution >= 4 is 16.4 Å². The molecule has 0 N–H and O–H groups in total. The van der Waals surface area contributed by atoms with Crippen molar-refractivity contribution in [1.29, 1.82) is 0 Å². The SMILES string of the molecule is CC1=CC2C3C(C4C=CC=CC4C3[Si](C)(C)C3CC(O[Si](C)(C)C(C)(C)C)C4C=CC=CC43)N(C)C2C=C1. The van der Waals surface area contributed by atoms with Crippen LogP contribution in [0, 0.1) is 35.5 Å². The first-order valence-corrected chi connectivity index (χ1v) is 21.4. The van der Waals surface area contributed by atoms with Crippen molar-refractivity contribution in [2.24, 2.45) is 35.5 Å². The van der Waals surface area contributed by atoms with E-state index in [1.54, 1.807) is 0 Å². The van der Waals surface area contributed by atoms with E-state index in [1.165, 1.54) is 12.0 Å². The van der Waals surface area contributed by atoms with Gasteiger partial charge in [0, 0.05) is 23.9 Å². The molecule has 0 spiro atoms. The summed E-state index contributed by atoms with van der Waals surface area (Å²) in [5.41, 5.74) is 3.02. The topological polar surface area (TPSA) is 12.5 Å². The molecule has 38 heavy (non-hydrogen) atoms. The summed E-state index contributed by atoms with van der Waals surface area (Å²) in [5, 5.41) is 0.245. The maximum atomic E-state index is 7.25. The minimum absolute atomic E-state index is 0.245. The molecule has 0 amide bonds. The van der Waals surface area contributed by atoms with E-state index in [9.17, 15) is 0 Å². The van der Waals surface area contributed by atoms with Crippen LogP contribution in [0.4, 0.5) is 0 Å². The number of nitrogens with zero attached hydrogens (tertiary/aromatic N) is 1. The second-order valence-electron chi connectivity index (χ2n) is 15.5. The molecule has 1 heterocycles. The van der Waals surface area contributed by atoms with Gasteiger partial charge in [-0.05, 0) is 73.3 Å². The smallest absolute Gasteiger partial charge is 0.192 e. The van der Waals surface area contributed by atoms with Crippen molar-refractivity contribution in [1.82, 2.24) is 4.90 Å². The molecule has 1 aliphatic heterocycles. The molecule has 0 aromatic carbocycles. The molecule has 206 valence electrons. The highest BCUT2D eigenvalue weighted by atomic mass is 28.4. The van der Waals surface area contributed by atoms with Crippen LogP contribution < -0.4 is 0 Å². The minimum Gasteiger partial charge on any atom is -0.413 e. The van der Waals surface area contributed by atoms with E-state index in [4.69, 9.17) is 4.43 Å². The Hall–Kier alpha value is -1.21. The molecular formula is C34H51NOSi2. The Bertz CT molecular complexity index is 1130. The van der Waals surface area contributed by atoms with Crippen molar-refractivity contribution < 1.29 is 4.43 Å². The molecule has 4 heteroatoms. The zero-order chi connectivity index (χ0) is 27.2. The maximum absolute atomic E-state index is 7.25. The van der Waals surface area contributed by atoms with Gasteiger partial charge in [-0.2, -0.15) is 0 Å². The molecule has 3 fully saturated rings. The van der Waals surface area contributed by atoms with Gasteiger partial charge < -0.3 is 4.43 Å². The highest BCUT2D eigenvalue weighted by Crippen LogP contribution is 2.66. The first kappa shape index (κ1) is 27.0. The summed E-state index contributed by atoms with van der Waals surface area (Å²) in [6.45, 7) is 20.0. The Morgan fingerprint density at radius 2 is 1.42 bits per heavy atom. The molecule has 2 saturated carbocycles. The van der Waals surface area contributed by atoms with E-state index in [2.05, 4.69) is 133 Å². The lowest BCUT2D eigenvalue weighted by Gasteiger charge is -2.45. The van der Waals surface area contributed by atoms with Crippen LogP contribution in [0.25, 0.3) is 0 Å². The summed E-state index contributed by atoms with van der Waals surface area (Å²) in [7, 11) is -1.16. The molecule has 1 saturated heterocycles. The summed E-state index contributed by atoms with van der Waals surface area (Å²) in [4.78, 5) is 2.77. The second kappa shape index (κ2) is 9.16. The van der Waals surface area contributed by atoms with Gasteiger partial charge in [0.25, 0.3) is 0 Å². The highest BCUT2D eigenvalue weighted by Gasteiger charge is 2.65. The van der Waals surface area contributed by atoms with Crippen molar-refractivity contribution in [3.8, 4) is 0 Å². The number of hydrogen-bond acceptors (Lipinski definition) is 2. The molecule has 2 nitrogen and oxygen atoms in total. The van der Waals surface area contributed by atoms with Crippen LogP contribution >= 0.6 is 0 Å². The molecule has 11 unspecified atom stereocenters. The zero-order valence-corrected chi connectivity index (χ0v) is 27.3. The first-order valence-electron chi connectivity index (χ1n) is 15.3. The Morgan fingerprint density at radius 1 is 0.816 bits per heavy atom. The minimum atomic E-state index is -1.84. The van der Waals surface area contributed by atoms with Gasteiger partial charge in [-0.1, -0.05) is 106 Å². The maximum Gasteiger partial charge on any atom is 0.192 e. The predicted molar refractivity (Wildman–Crippen MR) is 167 cm³/mol. The molecule has 0 bridgehead atoms. The lowest BCUT2D eigenvalue weighted by atomic mass is 9.83. The lowest BCUT2D eigenvalue weighted by Crippen LogP contribution is -2.46. The average Bonchev–Trinajstić information content (AvgIpc) is 3.48. The Kier molecular flexibility index (Phi) is 6.50. The van der Waals surface area contributed by atoms with Crippen LogP contribution in [0.3, 0.4) is 0 Å². The number of likely N-dealkylation sites (tertiary alicyclic amines) is 1. The van der Waals surface area contributed by atoms with Gasteiger partial charge in [-0.15, -0.1) is 0 Å². The van der Waals surface area contributed by atoms with Crippen LogP contribution in [-0.4, -0.2) is 46.5 Å². The predicted octanol–water partition coefficient (Wildman–Crippen LogP) is 8.39. The first-order chi connectivity index (χ1) is 17.8. The molecule has 11 atom stereocenters. The third-order valence-corrected chi connectivity index (χ3v) is 21.8. The second-order valence-corrected chi connectivity index (χ2v) is 25.3. The quantitative estimate of drug-likeness (QED) is 0.329. The van der Waals surface area contributed by atoms with Crippen LogP contribution in [0.15, 0.2) is 72.4 Å². The van der Waals surface area contributed by atoms with Gasteiger partial charge in [0.15, 0.2) is 8.32 Å². The fourth-order valence-electron chi connectivity index (χ4n) is 9.56. The number of likely N-dealkylation sites (N-methyl/N-ethyl adjacent to an activating group) is 1. The van der Waals surface area contributed by atoms with Crippen molar-refractivity contribution in [2.75, 3.05) is 7.05 Å². The number of rotatable bonds is 4. The Morgan fingerprint density at radius 3 is 2.08 bits per heavy atom. The summed E-state index contributed by atoms with van der Waals surface area (Å²) < 4.78 is 7.25. The molecule has 6 aliphatic rings. The van der Waals surface area contributed by atoms with Gasteiger partial charge >= 0.3 is 0 Å². The van der Waals surface area contributed by atoms with E-state index in [1.807, 2.05) is 0 Å². The fourth-order valence-corrected chi connectivity index (χ4v) is 16.3. The van der Waals surface area contributed by atoms with E-state index in [-0.39, 0.29) is 5.04 Å². The monoisotopic (exact) mass is 545 g/mol. The molecule has 0 aromatic heterocycles. The average molecular weight is 546 g/mol. The molecule has 0 radical (unpaired) electrons. The normalized spacial score (nSPS) is 43.7. The standard InChI is InChI=1S/C34H51NOSi2/c1-22-18-19-28-27(20-22)31-32(35(28)5)25-16-12-13-17-26(25)33(31)37(6,7)30-21-29(23-14-10-11-15-24(23)30)36-38(8,9)34(2,3)4/h10-20,23-33H,21H2,1-9H3. The summed E-state index contributed by atoms with van der Waals surface area (Å²) in [6, 6.07) is 1.21. The third kappa shape index (κ3) is 3.99. The van der Waals surface area contributed by atoms with E-state index >= 15 is 0 Å². The molecular weight excluding hydrogens is 495 g/mol. The van der Waals surface area contributed by atoms with Crippen molar-refractivity contribution in [3.05, 3.63) is 72.4 Å². The Balaban J connectivity index is 1.38. The van der Waals surface area contributed by atoms with E-state index in [0.29, 0.717) is 47.8 Å². The highest BCUT2D eigenvalue weighted by molar-refractivity contribution is 6.80. The van der Waals surface area contributed by atoms with Gasteiger partial charge in [0.05, 0.1) is 14.2 Å². The third-order valence-electron chi connectivity index (χ3n) is 12.3. The van der Waals surface area contributed by atoms with E-state index in [0.717, 1.165) is 17.0 Å². The van der Waals surface area contributed by atoms with Crippen LogP contribution in [0.1, 0.15) is 34.1 Å². The lowest BCUT2D eigenvalue weighted by molar-refractivity contribution is 0.153. The van der Waals surface area contributed by atoms with Gasteiger partial charge in [-0.3, -0.25) is 4.90 Å².